The van der Waals surface area contributed by atoms with Gasteiger partial charge in [0, 0.05) is 27.7 Å². The first-order valence-corrected chi connectivity index (χ1v) is 10.2. The van der Waals surface area contributed by atoms with Gasteiger partial charge in [-0.15, -0.1) is 0 Å². The van der Waals surface area contributed by atoms with E-state index in [0.717, 1.165) is 0 Å². The summed E-state index contributed by atoms with van der Waals surface area (Å²) in [5.41, 5.74) is 1.78. The molecule has 0 bridgehead atoms. The first kappa shape index (κ1) is 18.8. The van der Waals surface area contributed by atoms with Crippen LogP contribution in [0.15, 0.2) is 47.5 Å². The number of carbonyl (C=O) groups is 1. The van der Waals surface area contributed by atoms with E-state index in [2.05, 4.69) is 10.3 Å². The Morgan fingerprint density at radius 3 is 2.78 bits per heavy atom. The van der Waals surface area contributed by atoms with Crippen LogP contribution >= 0.6 is 0 Å². The van der Waals surface area contributed by atoms with Gasteiger partial charge in [0.15, 0.2) is 0 Å². The molecule has 1 atom stereocenters. The topological polar surface area (TPSA) is 94.8 Å². The Labute approximate surface area is 156 Å². The Balaban J connectivity index is 1.86. The van der Waals surface area contributed by atoms with Gasteiger partial charge < -0.3 is 4.74 Å². The lowest BCUT2D eigenvalue weighted by atomic mass is 10.1. The molecule has 2 N–H and O–H groups in total. The number of urea groups is 1. The van der Waals surface area contributed by atoms with Crippen molar-refractivity contribution in [3.63, 3.8) is 0 Å². The highest BCUT2D eigenvalue weighted by Gasteiger charge is 2.24. The van der Waals surface area contributed by atoms with Crippen molar-refractivity contribution < 1.29 is 18.1 Å². The fourth-order valence-electron chi connectivity index (χ4n) is 2.76. The molecule has 7 nitrogen and oxygen atoms in total. The molecular formula is C18H19FN4O3S. The highest BCUT2D eigenvalue weighted by atomic mass is 32.2. The minimum absolute atomic E-state index is 0.0630. The quantitative estimate of drug-likeness (QED) is 0.822. The van der Waals surface area contributed by atoms with E-state index in [1.807, 2.05) is 0 Å². The Hall–Kier alpha value is -2.94. The number of anilines is 1. The van der Waals surface area contributed by atoms with Gasteiger partial charge in [-0.2, -0.15) is 0 Å². The second kappa shape index (κ2) is 7.36. The molecule has 2 aromatic carbocycles. The van der Waals surface area contributed by atoms with E-state index < -0.39 is 21.6 Å². The minimum atomic E-state index is -2.69. The van der Waals surface area contributed by atoms with Crippen molar-refractivity contribution in [2.45, 2.75) is 5.75 Å². The Morgan fingerprint density at radius 2 is 2.11 bits per heavy atom. The number of carbonyl (C=O) groups excluding carboxylic acids is 1. The summed E-state index contributed by atoms with van der Waals surface area (Å²) in [6.45, 7) is 0.0630. The number of benzene rings is 2. The lowest BCUT2D eigenvalue weighted by Gasteiger charge is -2.27. The fourth-order valence-corrected chi connectivity index (χ4v) is 3.57. The molecule has 142 valence electrons. The SMILES string of the molecule is COc1cc(F)ccc1C1=NCN(c2cccc(CS(C)(=N)=O)c2)C(=O)N1. The number of hydrogen-bond acceptors (Lipinski definition) is 5. The van der Waals surface area contributed by atoms with Crippen LogP contribution in [0.3, 0.4) is 0 Å². The molecule has 0 aliphatic carbocycles. The third-order valence-electron chi connectivity index (χ3n) is 3.92. The number of halogens is 1. The molecule has 9 heteroatoms. The van der Waals surface area contributed by atoms with Crippen LogP contribution in [0.25, 0.3) is 0 Å². The van der Waals surface area contributed by atoms with Crippen molar-refractivity contribution in [3.8, 4) is 5.75 Å². The van der Waals surface area contributed by atoms with E-state index in [9.17, 15) is 13.4 Å². The highest BCUT2D eigenvalue weighted by Crippen LogP contribution is 2.23. The largest absolute Gasteiger partial charge is 0.496 e. The summed E-state index contributed by atoms with van der Waals surface area (Å²) >= 11 is 0. The van der Waals surface area contributed by atoms with Gasteiger partial charge in [0.25, 0.3) is 0 Å². The number of nitrogens with one attached hydrogen (secondary N) is 2. The molecule has 1 heterocycles. The third-order valence-corrected chi connectivity index (χ3v) is 4.81. The lowest BCUT2D eigenvalue weighted by molar-refractivity contribution is 0.249. The van der Waals surface area contributed by atoms with E-state index in [4.69, 9.17) is 9.52 Å². The van der Waals surface area contributed by atoms with Crippen LogP contribution in [-0.4, -0.2) is 36.1 Å². The second-order valence-electron chi connectivity index (χ2n) is 6.17. The molecule has 0 spiro atoms. The maximum atomic E-state index is 13.4. The van der Waals surface area contributed by atoms with Crippen LogP contribution in [0, 0.1) is 10.6 Å². The number of nitrogens with zero attached hydrogens (tertiary/aromatic N) is 2. The number of amides is 2. The average Bonchev–Trinajstić information content (AvgIpc) is 2.60. The highest BCUT2D eigenvalue weighted by molar-refractivity contribution is 7.90. The summed E-state index contributed by atoms with van der Waals surface area (Å²) in [5.74, 6) is 0.237. The maximum Gasteiger partial charge on any atom is 0.329 e. The number of ether oxygens (including phenoxy) is 1. The Kier molecular flexibility index (Phi) is 5.13. The van der Waals surface area contributed by atoms with Gasteiger partial charge in [-0.3, -0.25) is 15.0 Å². The Morgan fingerprint density at radius 1 is 1.33 bits per heavy atom. The summed E-state index contributed by atoms with van der Waals surface area (Å²) in [4.78, 5) is 18.4. The van der Waals surface area contributed by atoms with Crippen molar-refractivity contribution in [2.75, 3.05) is 24.9 Å². The van der Waals surface area contributed by atoms with Crippen molar-refractivity contribution in [1.82, 2.24) is 5.32 Å². The minimum Gasteiger partial charge on any atom is -0.496 e. The zero-order chi connectivity index (χ0) is 19.6. The van der Waals surface area contributed by atoms with Gasteiger partial charge in [0.1, 0.15) is 24.1 Å². The molecule has 1 aliphatic heterocycles. The molecule has 0 radical (unpaired) electrons. The molecule has 3 rings (SSSR count). The van der Waals surface area contributed by atoms with Crippen LogP contribution in [0.5, 0.6) is 5.75 Å². The molecule has 0 saturated heterocycles. The van der Waals surface area contributed by atoms with E-state index >= 15 is 0 Å². The zero-order valence-electron chi connectivity index (χ0n) is 14.9. The summed E-state index contributed by atoms with van der Waals surface area (Å²) in [6, 6.07) is 10.6. The number of aliphatic imine (C=N–C) groups is 1. The van der Waals surface area contributed by atoms with Crippen molar-refractivity contribution in [2.24, 2.45) is 4.99 Å². The van der Waals surface area contributed by atoms with E-state index in [0.29, 0.717) is 22.6 Å². The van der Waals surface area contributed by atoms with Gasteiger partial charge in [-0.25, -0.2) is 18.4 Å². The predicted molar refractivity (Wildman–Crippen MR) is 102 cm³/mol. The van der Waals surface area contributed by atoms with Crippen LogP contribution < -0.4 is 15.0 Å². The van der Waals surface area contributed by atoms with Gasteiger partial charge in [0.2, 0.25) is 0 Å². The van der Waals surface area contributed by atoms with E-state index in [1.165, 1.54) is 36.5 Å². The summed E-state index contributed by atoms with van der Waals surface area (Å²) in [7, 11) is -1.27. The van der Waals surface area contributed by atoms with Crippen LogP contribution in [0.4, 0.5) is 14.9 Å². The molecular weight excluding hydrogens is 371 g/mol. The standard InChI is InChI=1S/C18H19FN4O3S/c1-26-16-9-13(19)6-7-15(16)17-21-11-23(18(24)22-17)14-5-3-4-12(8-14)10-27(2,20)25/h3-9,20H,10-11H2,1-2H3,(H,21,22,24). The first-order valence-electron chi connectivity index (χ1n) is 8.04. The molecule has 1 aliphatic rings. The van der Waals surface area contributed by atoms with Gasteiger partial charge in [0.05, 0.1) is 18.4 Å². The number of methoxy groups -OCH3 is 1. The second-order valence-corrected chi connectivity index (χ2v) is 8.47. The molecule has 0 fully saturated rings. The molecule has 2 amide bonds. The molecule has 1 unspecified atom stereocenters. The monoisotopic (exact) mass is 390 g/mol. The maximum absolute atomic E-state index is 13.4. The summed E-state index contributed by atoms with van der Waals surface area (Å²) in [6.07, 6.45) is 1.37. The summed E-state index contributed by atoms with van der Waals surface area (Å²) < 4.78 is 37.8. The van der Waals surface area contributed by atoms with Crippen molar-refractivity contribution in [1.29, 1.82) is 4.78 Å². The molecule has 0 aromatic heterocycles. The van der Waals surface area contributed by atoms with Crippen LogP contribution in [-0.2, 0) is 15.5 Å². The lowest BCUT2D eigenvalue weighted by Crippen LogP contribution is -2.48. The normalized spacial score (nSPS) is 16.3. The smallest absolute Gasteiger partial charge is 0.329 e. The van der Waals surface area contributed by atoms with E-state index in [-0.39, 0.29) is 18.2 Å². The summed E-state index contributed by atoms with van der Waals surface area (Å²) in [5, 5.41) is 2.68. The van der Waals surface area contributed by atoms with Crippen LogP contribution in [0.2, 0.25) is 0 Å². The van der Waals surface area contributed by atoms with Gasteiger partial charge in [-0.05, 0) is 29.8 Å². The van der Waals surface area contributed by atoms with Gasteiger partial charge in [-0.1, -0.05) is 12.1 Å². The van der Waals surface area contributed by atoms with E-state index in [1.54, 1.807) is 24.3 Å². The Bertz CT molecular complexity index is 1020. The van der Waals surface area contributed by atoms with Crippen molar-refractivity contribution >= 4 is 27.3 Å². The van der Waals surface area contributed by atoms with Crippen molar-refractivity contribution in [3.05, 3.63) is 59.4 Å². The van der Waals surface area contributed by atoms with Gasteiger partial charge >= 0.3 is 6.03 Å². The third kappa shape index (κ3) is 4.43. The predicted octanol–water partition coefficient (Wildman–Crippen LogP) is 2.94. The molecule has 2 aromatic rings. The number of hydrogen-bond donors (Lipinski definition) is 2. The first-order chi connectivity index (χ1) is 12.8. The fraction of sp³-hybridized carbons (Fsp3) is 0.222. The molecule has 0 saturated carbocycles. The number of amidine groups is 1. The molecule has 27 heavy (non-hydrogen) atoms. The number of rotatable bonds is 5. The van der Waals surface area contributed by atoms with Crippen LogP contribution in [0.1, 0.15) is 11.1 Å². The average molecular weight is 390 g/mol. The zero-order valence-corrected chi connectivity index (χ0v) is 15.7.